The Balaban J connectivity index is -0.0000000368. The van der Waals surface area contributed by atoms with Gasteiger partial charge in [-0.25, -0.2) is 14.3 Å². The van der Waals surface area contributed by atoms with Gasteiger partial charge < -0.3 is 24.2 Å². The number of fused-ring (bicyclic) bond motifs is 1. The van der Waals surface area contributed by atoms with E-state index in [1.165, 1.54) is 138 Å². The first-order valence-electron chi connectivity index (χ1n) is 57.9. The van der Waals surface area contributed by atoms with E-state index in [0.717, 1.165) is 0 Å². The van der Waals surface area contributed by atoms with Gasteiger partial charge in [0.1, 0.15) is 12.5 Å². The van der Waals surface area contributed by atoms with Gasteiger partial charge in [0.2, 0.25) is 0 Å². The van der Waals surface area contributed by atoms with E-state index in [-0.39, 0.29) is 0 Å². The summed E-state index contributed by atoms with van der Waals surface area (Å²) < 4.78 is 12.6. The molecule has 2 aliphatic carbocycles. The minimum Gasteiger partial charge on any atom is -0.452 e. The summed E-state index contributed by atoms with van der Waals surface area (Å²) in [6.45, 7) is 166. The smallest absolute Gasteiger partial charge is 0.180 e. The highest BCUT2D eigenvalue weighted by Gasteiger charge is 2.02. The van der Waals surface area contributed by atoms with Gasteiger partial charge in [-0.05, 0) is 121 Å². The zero-order valence-corrected chi connectivity index (χ0v) is 116. The van der Waals surface area contributed by atoms with Gasteiger partial charge in [0, 0.05) is 60.3 Å². The zero-order valence-electron chi connectivity index (χ0n) is 115. The van der Waals surface area contributed by atoms with Crippen LogP contribution in [0.15, 0.2) is 155 Å². The molecule has 4 N–H and O–H groups in total. The standard InChI is InChI=1S/C8H7N.C6H12.C5H10.10C5H12.C4H9N.2C3H4N2.2C3H3NO.2C3H3NS.19C2H6/c1-2-4-8-6-9-5-7(8)3-1;1-2-4-6-5-3-1;1-2-4-5-3-1;10*1-5(2,3)4;1-2-4-5-3-1;1-2-5-3-4-1;1-2-4-5-3-1;1-2-5-3-4-1;1-2-4-5-3-1;1-2-5-3-4-1;1-2-4-5-3-1;19*1-2/h1-6,9H;1-6H2;1-5H2;10*1-4H3;5H,1-4H2;2*1-3H,(H,4,5);4*1-3H;19*1-2H3. The highest BCUT2D eigenvalue weighted by Crippen LogP contribution is 2.17. The van der Waals surface area contributed by atoms with Crippen molar-refractivity contribution in [1.29, 1.82) is 0 Å². The third-order valence-corrected chi connectivity index (χ3v) is 8.43. The maximum Gasteiger partial charge on any atom is 0.180 e. The van der Waals surface area contributed by atoms with Crippen molar-refractivity contribution in [2.75, 3.05) is 13.1 Å². The Labute approximate surface area is 923 Å². The number of aromatic amines is 3. The lowest BCUT2D eigenvalue weighted by Gasteiger charge is -2.05. The number of H-pyrrole nitrogens is 3. The van der Waals surface area contributed by atoms with Gasteiger partial charge in [0.25, 0.3) is 0 Å². The van der Waals surface area contributed by atoms with Crippen LogP contribution >= 0.6 is 22.9 Å². The zero-order chi connectivity index (χ0) is 122. The molecule has 8 aromatic rings. The van der Waals surface area contributed by atoms with E-state index >= 15 is 0 Å². The van der Waals surface area contributed by atoms with Crippen molar-refractivity contribution in [2.24, 2.45) is 54.1 Å². The molecule has 0 amide bonds. The molecule has 1 saturated heterocycles. The van der Waals surface area contributed by atoms with Crippen molar-refractivity contribution in [1.82, 2.24) is 50.0 Å². The van der Waals surface area contributed by atoms with E-state index in [4.69, 9.17) is 0 Å². The Bertz CT molecular complexity index is 2010. The van der Waals surface area contributed by atoms with Crippen LogP contribution in [0.25, 0.3) is 10.8 Å². The van der Waals surface area contributed by atoms with E-state index in [9.17, 15) is 0 Å². The fraction of sp³-hybridized carbons (Fsp3) is 0.798. The number of nitrogens with zero attached hydrogens (tertiary/aromatic N) is 6. The largest absolute Gasteiger partial charge is 0.452 e. The van der Waals surface area contributed by atoms with E-state index in [1.807, 2.05) is 311 Å². The van der Waals surface area contributed by atoms with Crippen molar-refractivity contribution in [3.63, 3.8) is 0 Å². The second-order valence-electron chi connectivity index (χ2n) is 41.7. The first kappa shape index (κ1) is 214. The van der Waals surface area contributed by atoms with Gasteiger partial charge in [-0.2, -0.15) is 5.10 Å². The predicted molar refractivity (Wildman–Crippen MR) is 693 cm³/mol. The van der Waals surface area contributed by atoms with Crippen molar-refractivity contribution in [2.45, 2.75) is 624 Å². The Hall–Kier alpha value is -5.18. The molecule has 14 heteroatoms. The lowest BCUT2D eigenvalue weighted by molar-refractivity contribution is 0.420. The fourth-order valence-corrected chi connectivity index (χ4v) is 5.40. The average Bonchev–Trinajstić information content (AvgIpc) is 1.74. The number of hydrogen-bond acceptors (Lipinski definition) is 11. The molecule has 0 spiro atoms. The van der Waals surface area contributed by atoms with Crippen molar-refractivity contribution >= 4 is 33.6 Å². The topological polar surface area (TPSA) is 163 Å². The Kier molecular flexibility index (Phi) is 291. The van der Waals surface area contributed by atoms with Gasteiger partial charge in [-0.1, -0.05) is 640 Å². The van der Waals surface area contributed by atoms with Crippen LogP contribution in [0.2, 0.25) is 0 Å². The minimum absolute atomic E-state index is 0.500. The summed E-state index contributed by atoms with van der Waals surface area (Å²) in [5.41, 5.74) is 6.79. The molecule has 0 radical (unpaired) electrons. The van der Waals surface area contributed by atoms with Crippen LogP contribution in [0.1, 0.15) is 624 Å². The van der Waals surface area contributed by atoms with Crippen LogP contribution in [0.4, 0.5) is 0 Å². The highest BCUT2D eigenvalue weighted by atomic mass is 32.1. The fourth-order valence-electron chi connectivity index (χ4n) is 4.70. The molecule has 11 rings (SSSR count). The number of oxazole rings is 1. The first-order valence-corrected chi connectivity index (χ1v) is 59.7. The van der Waals surface area contributed by atoms with Crippen molar-refractivity contribution in [3.8, 4) is 0 Å². The maximum atomic E-state index is 4.47. The molecular weight excluding hydrogens is 1790 g/mol. The molecule has 1 aliphatic heterocycles. The molecular formula is C129H292N10O2S2. The van der Waals surface area contributed by atoms with E-state index < -0.39 is 0 Å². The molecule has 0 unspecified atom stereocenters. The molecule has 2 saturated carbocycles. The van der Waals surface area contributed by atoms with Crippen LogP contribution in [-0.2, 0) is 0 Å². The van der Waals surface area contributed by atoms with Gasteiger partial charge in [0.05, 0.1) is 24.2 Å². The third-order valence-electron chi connectivity index (χ3n) is 7.38. The lowest BCUT2D eigenvalue weighted by Crippen LogP contribution is -2.03. The Morgan fingerprint density at radius 2 is 0.524 bits per heavy atom. The molecule has 8 heterocycles. The average molecular weight is 2080 g/mol. The number of aromatic nitrogens is 9. The number of thiazole rings is 1. The molecule has 1 aromatic carbocycles. The monoisotopic (exact) mass is 2080 g/mol. The number of rotatable bonds is 0. The Morgan fingerprint density at radius 1 is 0.252 bits per heavy atom. The van der Waals surface area contributed by atoms with Crippen LogP contribution in [0, 0.1) is 54.1 Å². The molecule has 12 nitrogen and oxygen atoms in total. The summed E-state index contributed by atoms with van der Waals surface area (Å²) in [7, 11) is 0. The first-order chi connectivity index (χ1) is 66.5. The Morgan fingerprint density at radius 3 is 0.615 bits per heavy atom. The van der Waals surface area contributed by atoms with E-state index in [2.05, 4.69) is 348 Å². The number of imidazole rings is 1. The van der Waals surface area contributed by atoms with Crippen LogP contribution in [0.5, 0.6) is 0 Å². The quantitative estimate of drug-likeness (QED) is 0.116. The molecule has 0 bridgehead atoms. The van der Waals surface area contributed by atoms with Crippen molar-refractivity contribution < 1.29 is 8.94 Å². The minimum atomic E-state index is 0.500. The van der Waals surface area contributed by atoms with Gasteiger partial charge in [0.15, 0.2) is 6.39 Å². The van der Waals surface area contributed by atoms with Gasteiger partial charge >= 0.3 is 0 Å². The maximum absolute atomic E-state index is 4.47. The second-order valence-corrected chi connectivity index (χ2v) is 43.1. The highest BCUT2D eigenvalue weighted by molar-refractivity contribution is 7.07. The summed E-state index contributed by atoms with van der Waals surface area (Å²) in [5, 5.41) is 19.2. The van der Waals surface area contributed by atoms with E-state index in [1.54, 1.807) is 78.8 Å². The predicted octanol–water partition coefficient (Wildman–Crippen LogP) is 51.3. The normalized spacial score (nSPS) is 10.0. The summed E-state index contributed by atoms with van der Waals surface area (Å²) >= 11 is 3.06. The number of hydrogen-bond donors (Lipinski definition) is 4. The van der Waals surface area contributed by atoms with Crippen molar-refractivity contribution in [3.05, 3.63) is 146 Å². The number of benzene rings is 1. The molecule has 3 fully saturated rings. The van der Waals surface area contributed by atoms with Crippen LogP contribution in [-0.4, -0.2) is 57.7 Å². The van der Waals surface area contributed by atoms with Gasteiger partial charge in [-0.15, -0.1) is 11.3 Å². The van der Waals surface area contributed by atoms with E-state index in [0.29, 0.717) is 54.1 Å². The second kappa shape index (κ2) is 195. The number of nitrogens with one attached hydrogen (secondary N) is 4. The van der Waals surface area contributed by atoms with Gasteiger partial charge in [-0.3, -0.25) is 10.1 Å². The molecule has 3 aliphatic rings. The SMILES string of the molecule is C1CCCC1.C1CCCCC1.C1CCNC1.CC.CC.CC.CC.CC.CC.CC.CC.CC.CC.CC.CC.CC.CC.CC.CC.CC.CC.CC.CC(C)(C)C.CC(C)(C)C.CC(C)(C)C.CC(C)(C)C.CC(C)(C)C.CC(C)(C)C.CC(C)(C)C.CC(C)(C)C.CC(C)(C)C.CC(C)(C)C.c1c[nH]cn1.c1ccc2c[nH]cc2c1.c1cn[nH]c1.c1cnoc1.c1cnsc1.c1cocn1.c1cscn1. The molecule has 143 heavy (non-hydrogen) atoms. The molecule has 882 valence electrons. The summed E-state index contributed by atoms with van der Waals surface area (Å²) in [4.78, 5) is 16.8. The van der Waals surface area contributed by atoms with Crippen LogP contribution in [0.3, 0.4) is 0 Å². The summed E-state index contributed by atoms with van der Waals surface area (Å²) in [5.74, 6) is 0. The summed E-state index contributed by atoms with van der Waals surface area (Å²) in [6.07, 6.45) is 42.9. The lowest BCUT2D eigenvalue weighted by atomic mass is 10.0. The molecule has 0 atom stereocenters. The van der Waals surface area contributed by atoms with Crippen LogP contribution < -0.4 is 5.32 Å². The molecule has 7 aromatic heterocycles. The third kappa shape index (κ3) is 744. The summed E-state index contributed by atoms with van der Waals surface area (Å²) in [6, 6.07) is 13.7.